The van der Waals surface area contributed by atoms with E-state index in [9.17, 15) is 8.42 Å². The summed E-state index contributed by atoms with van der Waals surface area (Å²) in [5.41, 5.74) is 2.04. The van der Waals surface area contributed by atoms with Crippen molar-refractivity contribution in [2.75, 3.05) is 19.6 Å². The molecule has 0 atom stereocenters. The van der Waals surface area contributed by atoms with E-state index in [0.29, 0.717) is 11.4 Å². The summed E-state index contributed by atoms with van der Waals surface area (Å²) in [6, 6.07) is 5.03. The molecule has 0 unspecified atom stereocenters. The maximum absolute atomic E-state index is 12.2. The Bertz CT molecular complexity index is 602. The molecule has 7 heteroatoms. The highest BCUT2D eigenvalue weighted by Crippen LogP contribution is 2.20. The second-order valence-corrected chi connectivity index (χ2v) is 7.17. The van der Waals surface area contributed by atoms with Gasteiger partial charge in [-0.05, 0) is 43.7 Å². The Morgan fingerprint density at radius 2 is 2.15 bits per heavy atom. The van der Waals surface area contributed by atoms with E-state index in [0.717, 1.165) is 35.1 Å². The van der Waals surface area contributed by atoms with Crippen LogP contribution in [0.5, 0.6) is 0 Å². The first kappa shape index (κ1) is 17.7. The molecule has 1 aliphatic rings. The lowest BCUT2D eigenvalue weighted by molar-refractivity contribution is 0.582. The molecule has 0 saturated carbocycles. The molecule has 2 N–H and O–H groups in total. The highest BCUT2D eigenvalue weighted by Gasteiger charge is 2.15. The minimum Gasteiger partial charge on any atom is -0.313 e. The van der Waals surface area contributed by atoms with E-state index in [2.05, 4.69) is 26.0 Å². The fourth-order valence-corrected chi connectivity index (χ4v) is 3.25. The van der Waals surface area contributed by atoms with E-state index in [1.807, 2.05) is 13.0 Å². The van der Waals surface area contributed by atoms with Crippen molar-refractivity contribution in [3.63, 3.8) is 0 Å². The van der Waals surface area contributed by atoms with Gasteiger partial charge in [0.1, 0.15) is 0 Å². The summed E-state index contributed by atoms with van der Waals surface area (Å²) >= 11 is 3.37. The predicted octanol–water partition coefficient (Wildman–Crippen LogP) is 2.38. The van der Waals surface area contributed by atoms with Crippen molar-refractivity contribution >= 4 is 38.4 Å². The molecule has 0 amide bonds. The molecule has 112 valence electrons. The molecular weight excluding hydrogens is 364 g/mol. The van der Waals surface area contributed by atoms with E-state index < -0.39 is 10.0 Å². The van der Waals surface area contributed by atoms with Crippen LogP contribution in [0.3, 0.4) is 0 Å². The van der Waals surface area contributed by atoms with Crippen LogP contribution in [0.1, 0.15) is 12.0 Å². The van der Waals surface area contributed by atoms with Crippen molar-refractivity contribution in [3.05, 3.63) is 39.9 Å². The van der Waals surface area contributed by atoms with Crippen LogP contribution >= 0.6 is 28.3 Å². The first-order chi connectivity index (χ1) is 8.99. The minimum atomic E-state index is -3.43. The Kier molecular flexibility index (Phi) is 6.68. The summed E-state index contributed by atoms with van der Waals surface area (Å²) in [4.78, 5) is 0.308. The van der Waals surface area contributed by atoms with E-state index in [-0.39, 0.29) is 12.4 Å². The van der Waals surface area contributed by atoms with Gasteiger partial charge in [0.25, 0.3) is 0 Å². The van der Waals surface area contributed by atoms with Crippen molar-refractivity contribution in [1.82, 2.24) is 10.0 Å². The zero-order valence-corrected chi connectivity index (χ0v) is 14.4. The van der Waals surface area contributed by atoms with Gasteiger partial charge in [-0.15, -0.1) is 12.4 Å². The van der Waals surface area contributed by atoms with Gasteiger partial charge in [-0.1, -0.05) is 27.6 Å². The van der Waals surface area contributed by atoms with Crippen molar-refractivity contribution in [3.8, 4) is 0 Å². The molecule has 1 heterocycles. The molecule has 1 aliphatic heterocycles. The second-order valence-electron chi connectivity index (χ2n) is 4.55. The Hall–Kier alpha value is -0.400. The van der Waals surface area contributed by atoms with Gasteiger partial charge < -0.3 is 5.32 Å². The van der Waals surface area contributed by atoms with Gasteiger partial charge in [0.2, 0.25) is 10.0 Å². The Balaban J connectivity index is 0.00000200. The lowest BCUT2D eigenvalue weighted by Gasteiger charge is -2.15. The average Bonchev–Trinajstić information content (AvgIpc) is 2.41. The molecule has 0 radical (unpaired) electrons. The van der Waals surface area contributed by atoms with Crippen LogP contribution in [-0.4, -0.2) is 28.1 Å². The third kappa shape index (κ3) is 4.56. The third-order valence-electron chi connectivity index (χ3n) is 3.09. The van der Waals surface area contributed by atoms with Crippen LogP contribution in [0.2, 0.25) is 0 Å². The third-order valence-corrected chi connectivity index (χ3v) is 5.38. The predicted molar refractivity (Wildman–Crippen MR) is 86.9 cm³/mol. The van der Waals surface area contributed by atoms with Crippen LogP contribution in [0, 0.1) is 6.92 Å². The van der Waals surface area contributed by atoms with E-state index in [1.54, 1.807) is 18.2 Å². The van der Waals surface area contributed by atoms with Crippen LogP contribution in [-0.2, 0) is 10.0 Å². The van der Waals surface area contributed by atoms with Gasteiger partial charge in [0, 0.05) is 17.6 Å². The Morgan fingerprint density at radius 1 is 1.40 bits per heavy atom. The molecule has 20 heavy (non-hydrogen) atoms. The van der Waals surface area contributed by atoms with Crippen molar-refractivity contribution in [1.29, 1.82) is 0 Å². The SMILES string of the molecule is Cc1cc(S(=O)(=O)NCC2=CCNCC2)ccc1Br.Cl. The van der Waals surface area contributed by atoms with E-state index >= 15 is 0 Å². The topological polar surface area (TPSA) is 58.2 Å². The quantitative estimate of drug-likeness (QED) is 0.787. The summed E-state index contributed by atoms with van der Waals surface area (Å²) in [5, 5.41) is 3.20. The number of rotatable bonds is 4. The summed E-state index contributed by atoms with van der Waals surface area (Å²) in [6.07, 6.45) is 2.93. The first-order valence-corrected chi connectivity index (χ1v) is 8.41. The van der Waals surface area contributed by atoms with Crippen molar-refractivity contribution < 1.29 is 8.42 Å². The number of nitrogens with one attached hydrogen (secondary N) is 2. The molecule has 0 spiro atoms. The number of halogens is 2. The minimum absolute atomic E-state index is 0. The van der Waals surface area contributed by atoms with E-state index in [1.165, 1.54) is 0 Å². The van der Waals surface area contributed by atoms with Gasteiger partial charge in [-0.2, -0.15) is 0 Å². The molecule has 2 rings (SSSR count). The molecule has 1 aromatic rings. The van der Waals surface area contributed by atoms with Crippen LogP contribution < -0.4 is 10.0 Å². The zero-order valence-electron chi connectivity index (χ0n) is 11.1. The number of benzene rings is 1. The summed E-state index contributed by atoms with van der Waals surface area (Å²) in [5.74, 6) is 0. The van der Waals surface area contributed by atoms with Gasteiger partial charge in [-0.3, -0.25) is 0 Å². The van der Waals surface area contributed by atoms with Gasteiger partial charge in [-0.25, -0.2) is 13.1 Å². The van der Waals surface area contributed by atoms with Gasteiger partial charge in [0.15, 0.2) is 0 Å². The molecule has 0 aromatic heterocycles. The van der Waals surface area contributed by atoms with Crippen molar-refractivity contribution in [2.45, 2.75) is 18.2 Å². The normalized spacial score (nSPS) is 15.4. The highest BCUT2D eigenvalue weighted by molar-refractivity contribution is 9.10. The Morgan fingerprint density at radius 3 is 2.75 bits per heavy atom. The molecule has 4 nitrogen and oxygen atoms in total. The fraction of sp³-hybridized carbons (Fsp3) is 0.385. The zero-order chi connectivity index (χ0) is 13.9. The lowest BCUT2D eigenvalue weighted by Crippen LogP contribution is -2.29. The largest absolute Gasteiger partial charge is 0.313 e. The Labute approximate surface area is 134 Å². The van der Waals surface area contributed by atoms with Crippen LogP contribution in [0.4, 0.5) is 0 Å². The van der Waals surface area contributed by atoms with Crippen molar-refractivity contribution in [2.24, 2.45) is 0 Å². The number of hydrogen-bond donors (Lipinski definition) is 2. The van der Waals surface area contributed by atoms with Crippen LogP contribution in [0.25, 0.3) is 0 Å². The maximum atomic E-state index is 12.2. The van der Waals surface area contributed by atoms with E-state index in [4.69, 9.17) is 0 Å². The fourth-order valence-electron chi connectivity index (χ4n) is 1.89. The lowest BCUT2D eigenvalue weighted by atomic mass is 10.1. The summed E-state index contributed by atoms with van der Waals surface area (Å²) < 4.78 is 27.9. The standard InChI is InChI=1S/C13H17BrN2O2S.ClH/c1-10-8-12(2-3-13(10)14)19(17,18)16-9-11-4-6-15-7-5-11;/h2-4,8,15-16H,5-7,9H2,1H3;1H. The molecular formula is C13H18BrClN2O2S. The molecule has 0 fully saturated rings. The maximum Gasteiger partial charge on any atom is 0.240 e. The number of sulfonamides is 1. The molecule has 0 saturated heterocycles. The average molecular weight is 382 g/mol. The first-order valence-electron chi connectivity index (χ1n) is 6.13. The summed E-state index contributed by atoms with van der Waals surface area (Å²) in [6.45, 7) is 3.98. The van der Waals surface area contributed by atoms with Gasteiger partial charge in [0.05, 0.1) is 4.90 Å². The second kappa shape index (κ2) is 7.56. The monoisotopic (exact) mass is 380 g/mol. The summed E-state index contributed by atoms with van der Waals surface area (Å²) in [7, 11) is -3.43. The number of aryl methyl sites for hydroxylation is 1. The smallest absolute Gasteiger partial charge is 0.240 e. The highest BCUT2D eigenvalue weighted by atomic mass is 79.9. The van der Waals surface area contributed by atoms with Gasteiger partial charge >= 0.3 is 0 Å². The molecule has 0 aliphatic carbocycles. The number of hydrogen-bond acceptors (Lipinski definition) is 3. The molecule has 1 aromatic carbocycles. The van der Waals surface area contributed by atoms with Crippen LogP contribution in [0.15, 0.2) is 39.2 Å². The molecule has 0 bridgehead atoms.